The molecule has 1 aromatic heterocycles. The maximum Gasteiger partial charge on any atom is 0.119 e. The van der Waals surface area contributed by atoms with Crippen LogP contribution in [0.1, 0.15) is 11.8 Å². The van der Waals surface area contributed by atoms with Gasteiger partial charge in [0.1, 0.15) is 10.9 Å². The number of hydrogen-bond acceptors (Lipinski definition) is 4. The summed E-state index contributed by atoms with van der Waals surface area (Å²) in [6.45, 7) is 2.12. The van der Waals surface area contributed by atoms with Crippen molar-refractivity contribution in [2.45, 2.75) is 16.0 Å². The van der Waals surface area contributed by atoms with E-state index in [2.05, 4.69) is 19.1 Å². The Kier molecular flexibility index (Phi) is 3.99. The van der Waals surface area contributed by atoms with E-state index in [9.17, 15) is 0 Å². The molecule has 4 heteroatoms. The van der Waals surface area contributed by atoms with E-state index in [1.807, 2.05) is 6.26 Å². The molecule has 1 aromatic rings. The number of rotatable bonds is 3. The molecule has 0 aliphatic heterocycles. The zero-order valence-electron chi connectivity index (χ0n) is 6.96. The van der Waals surface area contributed by atoms with Crippen molar-refractivity contribution in [3.8, 4) is 6.07 Å². The molecule has 0 saturated carbocycles. The van der Waals surface area contributed by atoms with Gasteiger partial charge in [0.15, 0.2) is 0 Å². The van der Waals surface area contributed by atoms with Crippen LogP contribution >= 0.6 is 34.9 Å². The maximum absolute atomic E-state index is 8.77. The van der Waals surface area contributed by atoms with Crippen LogP contribution in [0.4, 0.5) is 0 Å². The zero-order valence-corrected chi connectivity index (χ0v) is 9.41. The summed E-state index contributed by atoms with van der Waals surface area (Å²) in [4.78, 5) is 1.96. The van der Waals surface area contributed by atoms with Gasteiger partial charge in [-0.25, -0.2) is 0 Å². The van der Waals surface area contributed by atoms with Gasteiger partial charge in [0, 0.05) is 4.90 Å². The molecular formula is C8H9NS3. The minimum absolute atomic E-state index is 0.846. The quantitative estimate of drug-likeness (QED) is 0.722. The van der Waals surface area contributed by atoms with Crippen LogP contribution in [-0.2, 0) is 0 Å². The fraction of sp³-hybridized carbons (Fsp3) is 0.375. The normalized spacial score (nSPS) is 9.75. The molecule has 1 rings (SSSR count). The standard InChI is InChI=1S/C8H9NS3/c1-3-11-8-4-6(10-2)7(5-9)12-8/h4H,3H2,1-2H3. The Morgan fingerprint density at radius 2 is 2.42 bits per heavy atom. The second-order valence-electron chi connectivity index (χ2n) is 2.01. The molecule has 0 aromatic carbocycles. The second-order valence-corrected chi connectivity index (χ2v) is 5.47. The SMILES string of the molecule is CCSc1cc(SC)c(C#N)s1. The number of hydrogen-bond donors (Lipinski definition) is 0. The molecule has 1 nitrogen and oxygen atoms in total. The van der Waals surface area contributed by atoms with Gasteiger partial charge in [-0.05, 0) is 18.1 Å². The number of thioether (sulfide) groups is 2. The Morgan fingerprint density at radius 3 is 2.83 bits per heavy atom. The first-order valence-corrected chi connectivity index (χ1v) is 6.55. The molecule has 0 aliphatic rings. The van der Waals surface area contributed by atoms with E-state index in [1.54, 1.807) is 34.9 Å². The second kappa shape index (κ2) is 4.80. The molecule has 0 N–H and O–H groups in total. The highest BCUT2D eigenvalue weighted by atomic mass is 32.2. The first kappa shape index (κ1) is 9.97. The molecule has 0 saturated heterocycles. The lowest BCUT2D eigenvalue weighted by Gasteiger charge is -1.87. The van der Waals surface area contributed by atoms with Gasteiger partial charge >= 0.3 is 0 Å². The summed E-state index contributed by atoms with van der Waals surface area (Å²) in [5, 5.41) is 8.77. The van der Waals surface area contributed by atoms with Crippen molar-refractivity contribution < 1.29 is 0 Å². The lowest BCUT2D eigenvalue weighted by atomic mass is 10.5. The molecule has 0 atom stereocenters. The van der Waals surface area contributed by atoms with Crippen LogP contribution in [0, 0.1) is 11.3 Å². The summed E-state index contributed by atoms with van der Waals surface area (Å²) >= 11 is 5.03. The van der Waals surface area contributed by atoms with Gasteiger partial charge in [-0.3, -0.25) is 0 Å². The third-order valence-electron chi connectivity index (χ3n) is 1.28. The van der Waals surface area contributed by atoms with E-state index in [1.165, 1.54) is 4.21 Å². The first-order chi connectivity index (χ1) is 5.81. The number of nitriles is 1. The summed E-state index contributed by atoms with van der Waals surface area (Å²) in [7, 11) is 0. The molecule has 0 aliphatic carbocycles. The topological polar surface area (TPSA) is 23.8 Å². The lowest BCUT2D eigenvalue weighted by Crippen LogP contribution is -1.65. The minimum Gasteiger partial charge on any atom is -0.191 e. The number of thiophene rings is 1. The minimum atomic E-state index is 0.846. The van der Waals surface area contributed by atoms with Crippen LogP contribution in [-0.4, -0.2) is 12.0 Å². The smallest absolute Gasteiger partial charge is 0.119 e. The Hall–Kier alpha value is -0.110. The van der Waals surface area contributed by atoms with Gasteiger partial charge in [0.2, 0.25) is 0 Å². The fourth-order valence-corrected chi connectivity index (χ4v) is 3.69. The van der Waals surface area contributed by atoms with E-state index in [-0.39, 0.29) is 0 Å². The van der Waals surface area contributed by atoms with Gasteiger partial charge < -0.3 is 0 Å². The predicted octanol–water partition coefficient (Wildman–Crippen LogP) is 3.45. The summed E-state index contributed by atoms with van der Waals surface area (Å²) in [5.74, 6) is 1.07. The summed E-state index contributed by atoms with van der Waals surface area (Å²) in [6.07, 6.45) is 2.00. The highest BCUT2D eigenvalue weighted by Crippen LogP contribution is 2.34. The molecule has 1 heterocycles. The molecule has 0 bridgehead atoms. The van der Waals surface area contributed by atoms with Crippen LogP contribution in [0.2, 0.25) is 0 Å². The molecule has 0 spiro atoms. The average Bonchev–Trinajstić information content (AvgIpc) is 2.48. The van der Waals surface area contributed by atoms with Crippen LogP contribution in [0.15, 0.2) is 15.2 Å². The van der Waals surface area contributed by atoms with Gasteiger partial charge in [-0.2, -0.15) is 5.26 Å². The van der Waals surface area contributed by atoms with E-state index in [4.69, 9.17) is 5.26 Å². The Morgan fingerprint density at radius 1 is 1.67 bits per heavy atom. The van der Waals surface area contributed by atoms with E-state index in [0.29, 0.717) is 0 Å². The first-order valence-electron chi connectivity index (χ1n) is 3.52. The largest absolute Gasteiger partial charge is 0.191 e. The monoisotopic (exact) mass is 215 g/mol. The van der Waals surface area contributed by atoms with Crippen LogP contribution < -0.4 is 0 Å². The lowest BCUT2D eigenvalue weighted by molar-refractivity contribution is 1.43. The van der Waals surface area contributed by atoms with Crippen LogP contribution in [0.3, 0.4) is 0 Å². The molecular weight excluding hydrogens is 206 g/mol. The summed E-state index contributed by atoms with van der Waals surface area (Å²) in [6, 6.07) is 4.31. The molecule has 12 heavy (non-hydrogen) atoms. The maximum atomic E-state index is 8.77. The van der Waals surface area contributed by atoms with Crippen molar-refractivity contribution in [3.63, 3.8) is 0 Å². The Balaban J connectivity index is 2.91. The summed E-state index contributed by atoms with van der Waals surface area (Å²) < 4.78 is 1.25. The average molecular weight is 215 g/mol. The predicted molar refractivity (Wildman–Crippen MR) is 57.2 cm³/mol. The fourth-order valence-electron chi connectivity index (χ4n) is 0.796. The van der Waals surface area contributed by atoms with Crippen molar-refractivity contribution in [1.29, 1.82) is 5.26 Å². The highest BCUT2D eigenvalue weighted by Gasteiger charge is 2.06. The van der Waals surface area contributed by atoms with Crippen LogP contribution in [0.5, 0.6) is 0 Å². The zero-order chi connectivity index (χ0) is 8.97. The van der Waals surface area contributed by atoms with E-state index >= 15 is 0 Å². The highest BCUT2D eigenvalue weighted by molar-refractivity contribution is 8.01. The Labute approximate surface area is 85.2 Å². The number of nitrogens with zero attached hydrogens (tertiary/aromatic N) is 1. The van der Waals surface area contributed by atoms with Crippen molar-refractivity contribution in [1.82, 2.24) is 0 Å². The van der Waals surface area contributed by atoms with E-state index < -0.39 is 0 Å². The van der Waals surface area contributed by atoms with Crippen molar-refractivity contribution in [2.75, 3.05) is 12.0 Å². The Bertz CT molecular complexity index is 298. The molecule has 64 valence electrons. The molecule has 0 unspecified atom stereocenters. The molecule has 0 amide bonds. The van der Waals surface area contributed by atoms with Crippen molar-refractivity contribution >= 4 is 34.9 Å². The van der Waals surface area contributed by atoms with Crippen LogP contribution in [0.25, 0.3) is 0 Å². The van der Waals surface area contributed by atoms with Crippen molar-refractivity contribution in [2.24, 2.45) is 0 Å². The van der Waals surface area contributed by atoms with E-state index in [0.717, 1.165) is 15.5 Å². The van der Waals surface area contributed by atoms with Gasteiger partial charge in [0.05, 0.1) is 4.21 Å². The third-order valence-corrected chi connectivity index (χ3v) is 4.30. The molecule has 0 fully saturated rings. The molecule has 0 radical (unpaired) electrons. The van der Waals surface area contributed by atoms with Crippen molar-refractivity contribution in [3.05, 3.63) is 10.9 Å². The summed E-state index contributed by atoms with van der Waals surface area (Å²) in [5.41, 5.74) is 0. The third kappa shape index (κ3) is 2.19. The van der Waals surface area contributed by atoms with Gasteiger partial charge in [-0.1, -0.05) is 6.92 Å². The van der Waals surface area contributed by atoms with Gasteiger partial charge in [0.25, 0.3) is 0 Å². The van der Waals surface area contributed by atoms with Gasteiger partial charge in [-0.15, -0.1) is 34.9 Å².